The van der Waals surface area contributed by atoms with E-state index in [1.54, 1.807) is 7.11 Å². The van der Waals surface area contributed by atoms with Gasteiger partial charge in [-0.3, -0.25) is 14.7 Å². The molecule has 31 heavy (non-hydrogen) atoms. The summed E-state index contributed by atoms with van der Waals surface area (Å²) in [5.74, 6) is 2.18. The number of nitrogens with zero attached hydrogens (tertiary/aromatic N) is 3. The van der Waals surface area contributed by atoms with E-state index in [1.807, 2.05) is 12.1 Å². The average molecular weight is 431 g/mol. The SMILES string of the molecule is CCNC(=NCCCN1CCN(c2ccc(OC)cc2)CC1)NCCNC(=O)C1CC1. The number of piperazine rings is 1. The first kappa shape index (κ1) is 23.2. The van der Waals surface area contributed by atoms with Crippen molar-refractivity contribution in [3.63, 3.8) is 0 Å². The molecule has 0 atom stereocenters. The van der Waals surface area contributed by atoms with Gasteiger partial charge in [0.05, 0.1) is 7.11 Å². The topological polar surface area (TPSA) is 81.2 Å². The molecule has 1 aliphatic heterocycles. The van der Waals surface area contributed by atoms with Crippen LogP contribution in [0, 0.1) is 5.92 Å². The number of ether oxygens (including phenoxy) is 1. The zero-order valence-electron chi connectivity index (χ0n) is 19.0. The minimum Gasteiger partial charge on any atom is -0.497 e. The number of nitrogens with one attached hydrogen (secondary N) is 3. The lowest BCUT2D eigenvalue weighted by Gasteiger charge is -2.36. The van der Waals surface area contributed by atoms with E-state index in [0.29, 0.717) is 13.1 Å². The highest BCUT2D eigenvalue weighted by molar-refractivity contribution is 5.81. The highest BCUT2D eigenvalue weighted by Crippen LogP contribution is 2.28. The number of methoxy groups -OCH3 is 1. The molecule has 1 aliphatic carbocycles. The van der Waals surface area contributed by atoms with Gasteiger partial charge >= 0.3 is 0 Å². The molecule has 1 aromatic carbocycles. The Hall–Kier alpha value is -2.48. The third-order valence-corrected chi connectivity index (χ3v) is 5.72. The van der Waals surface area contributed by atoms with Crippen molar-refractivity contribution in [1.29, 1.82) is 0 Å². The van der Waals surface area contributed by atoms with E-state index in [4.69, 9.17) is 4.74 Å². The Bertz CT molecular complexity index is 697. The van der Waals surface area contributed by atoms with Crippen LogP contribution in [0.4, 0.5) is 5.69 Å². The lowest BCUT2D eigenvalue weighted by molar-refractivity contribution is -0.122. The number of rotatable bonds is 11. The molecule has 8 heteroatoms. The fraction of sp³-hybridized carbons (Fsp3) is 0.652. The molecule has 0 bridgehead atoms. The van der Waals surface area contributed by atoms with Crippen molar-refractivity contribution < 1.29 is 9.53 Å². The van der Waals surface area contributed by atoms with Crippen LogP contribution in [0.3, 0.4) is 0 Å². The average Bonchev–Trinajstić information content (AvgIpc) is 3.65. The smallest absolute Gasteiger partial charge is 0.223 e. The minimum absolute atomic E-state index is 0.191. The summed E-state index contributed by atoms with van der Waals surface area (Å²) in [6.07, 6.45) is 3.12. The van der Waals surface area contributed by atoms with Gasteiger partial charge in [0.15, 0.2) is 5.96 Å². The van der Waals surface area contributed by atoms with Crippen molar-refractivity contribution in [3.05, 3.63) is 24.3 Å². The van der Waals surface area contributed by atoms with E-state index >= 15 is 0 Å². The van der Waals surface area contributed by atoms with Crippen LogP contribution >= 0.6 is 0 Å². The lowest BCUT2D eigenvalue weighted by atomic mass is 10.2. The third kappa shape index (κ3) is 7.94. The van der Waals surface area contributed by atoms with Crippen LogP contribution in [0.25, 0.3) is 0 Å². The van der Waals surface area contributed by atoms with Gasteiger partial charge in [-0.25, -0.2) is 0 Å². The van der Waals surface area contributed by atoms with Gasteiger partial charge in [-0.1, -0.05) is 0 Å². The molecule has 1 saturated carbocycles. The number of benzene rings is 1. The molecule has 8 nitrogen and oxygen atoms in total. The van der Waals surface area contributed by atoms with E-state index in [0.717, 1.165) is 76.8 Å². The first-order valence-corrected chi connectivity index (χ1v) is 11.6. The molecule has 0 unspecified atom stereocenters. The zero-order valence-corrected chi connectivity index (χ0v) is 19.0. The van der Waals surface area contributed by atoms with Gasteiger partial charge in [-0.15, -0.1) is 0 Å². The number of anilines is 1. The summed E-state index contributed by atoms with van der Waals surface area (Å²) in [4.78, 5) is 21.3. The van der Waals surface area contributed by atoms with Crippen LogP contribution in [0.5, 0.6) is 5.75 Å². The minimum atomic E-state index is 0.191. The van der Waals surface area contributed by atoms with Crippen molar-refractivity contribution in [3.8, 4) is 5.75 Å². The number of guanidine groups is 1. The van der Waals surface area contributed by atoms with E-state index in [-0.39, 0.29) is 11.8 Å². The molecule has 1 saturated heterocycles. The Morgan fingerprint density at radius 2 is 1.77 bits per heavy atom. The van der Waals surface area contributed by atoms with E-state index < -0.39 is 0 Å². The number of aliphatic imine (C=N–C) groups is 1. The first-order chi connectivity index (χ1) is 15.2. The molecule has 1 aromatic rings. The molecule has 172 valence electrons. The Labute approximate surface area is 186 Å². The van der Waals surface area contributed by atoms with Crippen LogP contribution in [0.2, 0.25) is 0 Å². The van der Waals surface area contributed by atoms with Crippen molar-refractivity contribution in [2.24, 2.45) is 10.9 Å². The summed E-state index contributed by atoms with van der Waals surface area (Å²) in [6, 6.07) is 8.32. The largest absolute Gasteiger partial charge is 0.497 e. The van der Waals surface area contributed by atoms with Crippen LogP contribution in [-0.4, -0.2) is 82.8 Å². The van der Waals surface area contributed by atoms with Gasteiger partial charge in [0.25, 0.3) is 0 Å². The number of carbonyl (C=O) groups is 1. The maximum Gasteiger partial charge on any atom is 0.223 e. The quantitative estimate of drug-likeness (QED) is 0.279. The molecule has 1 amide bonds. The Morgan fingerprint density at radius 1 is 1.06 bits per heavy atom. The second-order valence-corrected chi connectivity index (χ2v) is 8.13. The monoisotopic (exact) mass is 430 g/mol. The molecule has 2 aliphatic rings. The van der Waals surface area contributed by atoms with Crippen molar-refractivity contribution >= 4 is 17.6 Å². The van der Waals surface area contributed by atoms with Crippen LogP contribution in [0.1, 0.15) is 26.2 Å². The molecule has 2 fully saturated rings. The summed E-state index contributed by atoms with van der Waals surface area (Å²) in [6.45, 7) is 10.3. The molecule has 3 N–H and O–H groups in total. The van der Waals surface area contributed by atoms with E-state index in [1.165, 1.54) is 5.69 Å². The Morgan fingerprint density at radius 3 is 2.42 bits per heavy atom. The summed E-state index contributed by atoms with van der Waals surface area (Å²) >= 11 is 0. The fourth-order valence-corrected chi connectivity index (χ4v) is 3.71. The number of hydrogen-bond acceptors (Lipinski definition) is 5. The van der Waals surface area contributed by atoms with E-state index in [9.17, 15) is 4.79 Å². The molecular formula is C23H38N6O2. The van der Waals surface area contributed by atoms with Gasteiger partial charge in [0.2, 0.25) is 5.91 Å². The number of hydrogen-bond donors (Lipinski definition) is 3. The lowest BCUT2D eigenvalue weighted by Crippen LogP contribution is -2.46. The number of amides is 1. The van der Waals surface area contributed by atoms with Crippen LogP contribution in [0.15, 0.2) is 29.3 Å². The zero-order chi connectivity index (χ0) is 21.9. The maximum atomic E-state index is 11.7. The molecular weight excluding hydrogens is 392 g/mol. The van der Waals surface area contributed by atoms with E-state index in [2.05, 4.69) is 49.8 Å². The van der Waals surface area contributed by atoms with Crippen LogP contribution in [-0.2, 0) is 4.79 Å². The highest BCUT2D eigenvalue weighted by atomic mass is 16.5. The number of carbonyl (C=O) groups excluding carboxylic acids is 1. The summed E-state index contributed by atoms with van der Waals surface area (Å²) in [5.41, 5.74) is 1.26. The summed E-state index contributed by atoms with van der Waals surface area (Å²) in [5, 5.41) is 9.55. The third-order valence-electron chi connectivity index (χ3n) is 5.72. The van der Waals surface area contributed by atoms with Gasteiger partial charge in [0.1, 0.15) is 5.75 Å². The Kier molecular flexibility index (Phi) is 9.27. The van der Waals surface area contributed by atoms with Crippen molar-refractivity contribution in [2.75, 3.05) is 70.9 Å². The predicted octanol–water partition coefficient (Wildman–Crippen LogP) is 1.29. The molecule has 3 rings (SSSR count). The maximum absolute atomic E-state index is 11.7. The van der Waals surface area contributed by atoms with Gasteiger partial charge < -0.3 is 25.6 Å². The highest BCUT2D eigenvalue weighted by Gasteiger charge is 2.28. The fourth-order valence-electron chi connectivity index (χ4n) is 3.71. The Balaban J connectivity index is 1.29. The van der Waals surface area contributed by atoms with Gasteiger partial charge in [-0.05, 0) is 50.5 Å². The second kappa shape index (κ2) is 12.4. The van der Waals surface area contributed by atoms with Crippen molar-refractivity contribution in [1.82, 2.24) is 20.9 Å². The molecule has 1 heterocycles. The molecule has 0 aromatic heterocycles. The van der Waals surface area contributed by atoms with Crippen molar-refractivity contribution in [2.45, 2.75) is 26.2 Å². The van der Waals surface area contributed by atoms with Crippen LogP contribution < -0.4 is 25.6 Å². The molecule has 0 radical (unpaired) electrons. The predicted molar refractivity (Wildman–Crippen MR) is 126 cm³/mol. The van der Waals surface area contributed by atoms with Gasteiger partial charge in [0, 0.05) is 70.5 Å². The normalized spacial score (nSPS) is 17.4. The standard InChI is InChI=1S/C23H38N6O2/c1-3-24-23(27-13-12-25-22(30)19-5-6-19)26-11-4-14-28-15-17-29(18-16-28)20-7-9-21(31-2)10-8-20/h7-10,19H,3-6,11-18H2,1-2H3,(H,25,30)(H2,24,26,27). The second-order valence-electron chi connectivity index (χ2n) is 8.13. The summed E-state index contributed by atoms with van der Waals surface area (Å²) < 4.78 is 5.25. The summed E-state index contributed by atoms with van der Waals surface area (Å²) in [7, 11) is 1.70. The first-order valence-electron chi connectivity index (χ1n) is 11.6. The van der Waals surface area contributed by atoms with Gasteiger partial charge in [-0.2, -0.15) is 0 Å². The molecule has 0 spiro atoms.